The first-order valence-electron chi connectivity index (χ1n) is 9.68. The summed E-state index contributed by atoms with van der Waals surface area (Å²) in [7, 11) is 0. The van der Waals surface area contributed by atoms with E-state index in [4.69, 9.17) is 25.8 Å². The molecule has 1 amide bonds. The maximum absolute atomic E-state index is 12.2. The molecule has 0 saturated heterocycles. The molecule has 31 heavy (non-hydrogen) atoms. The molecular formula is C23H26ClNO5S. The van der Waals surface area contributed by atoms with Crippen LogP contribution in [0.3, 0.4) is 0 Å². The van der Waals surface area contributed by atoms with E-state index < -0.39 is 18.2 Å². The van der Waals surface area contributed by atoms with Gasteiger partial charge in [0.15, 0.2) is 0 Å². The van der Waals surface area contributed by atoms with E-state index in [0.717, 1.165) is 10.5 Å². The average Bonchev–Trinajstić information content (AvgIpc) is 2.75. The summed E-state index contributed by atoms with van der Waals surface area (Å²) in [5.41, 5.74) is 1.43. The molecule has 1 N–H and O–H groups in total. The van der Waals surface area contributed by atoms with Gasteiger partial charge in [0.05, 0.1) is 6.54 Å². The molecule has 0 aliphatic carbocycles. The summed E-state index contributed by atoms with van der Waals surface area (Å²) in [4.78, 5) is 24.5. The predicted molar refractivity (Wildman–Crippen MR) is 123 cm³/mol. The number of hydrogen-bond donors (Lipinski definition) is 1. The third-order valence-corrected chi connectivity index (χ3v) is 5.33. The molecule has 0 saturated carbocycles. The van der Waals surface area contributed by atoms with Crippen LogP contribution in [0.25, 0.3) is 0 Å². The van der Waals surface area contributed by atoms with E-state index in [9.17, 15) is 9.59 Å². The van der Waals surface area contributed by atoms with Crippen molar-refractivity contribution in [2.45, 2.75) is 24.8 Å². The number of alkyl carbamates (subject to hydrolysis) is 1. The third kappa shape index (κ3) is 9.81. The Kier molecular flexibility index (Phi) is 10.3. The van der Waals surface area contributed by atoms with Gasteiger partial charge in [0, 0.05) is 21.2 Å². The van der Waals surface area contributed by atoms with Crippen molar-refractivity contribution in [1.82, 2.24) is 5.32 Å². The SMILES string of the molecule is C=C(C)C(=O)OCCNC(=O)OC(COc1ccc(C)cc1)CSc1ccc(Cl)cc1. The van der Waals surface area contributed by atoms with Crippen LogP contribution in [0.2, 0.25) is 5.02 Å². The largest absolute Gasteiger partial charge is 0.490 e. The molecule has 0 aliphatic rings. The molecule has 8 heteroatoms. The van der Waals surface area contributed by atoms with Gasteiger partial charge in [-0.15, -0.1) is 11.8 Å². The first kappa shape index (κ1) is 24.6. The number of carbonyl (C=O) groups excluding carboxylic acids is 2. The van der Waals surface area contributed by atoms with Gasteiger partial charge in [0.1, 0.15) is 25.1 Å². The number of esters is 1. The Morgan fingerprint density at radius 3 is 2.45 bits per heavy atom. The lowest BCUT2D eigenvalue weighted by Gasteiger charge is -2.19. The number of benzene rings is 2. The maximum atomic E-state index is 12.2. The fourth-order valence-electron chi connectivity index (χ4n) is 2.27. The maximum Gasteiger partial charge on any atom is 0.407 e. The van der Waals surface area contributed by atoms with E-state index in [2.05, 4.69) is 11.9 Å². The number of aryl methyl sites for hydroxylation is 1. The van der Waals surface area contributed by atoms with Crippen molar-refractivity contribution in [3.8, 4) is 5.75 Å². The zero-order chi connectivity index (χ0) is 22.6. The predicted octanol–water partition coefficient (Wildman–Crippen LogP) is 5.03. The van der Waals surface area contributed by atoms with Crippen molar-refractivity contribution in [3.63, 3.8) is 0 Å². The fraction of sp³-hybridized carbons (Fsp3) is 0.304. The molecule has 1 atom stereocenters. The number of carbonyl (C=O) groups is 2. The second-order valence-corrected chi connectivity index (χ2v) is 8.29. The van der Waals surface area contributed by atoms with Crippen molar-refractivity contribution in [2.75, 3.05) is 25.5 Å². The van der Waals surface area contributed by atoms with E-state index >= 15 is 0 Å². The molecule has 2 rings (SSSR count). The first-order valence-corrected chi connectivity index (χ1v) is 11.0. The van der Waals surface area contributed by atoms with Crippen LogP contribution < -0.4 is 10.1 Å². The second-order valence-electron chi connectivity index (χ2n) is 6.76. The van der Waals surface area contributed by atoms with Crippen LogP contribution in [0.15, 0.2) is 65.6 Å². The minimum atomic E-state index is -0.611. The van der Waals surface area contributed by atoms with Crippen LogP contribution >= 0.6 is 23.4 Å². The molecule has 1 unspecified atom stereocenters. The summed E-state index contributed by atoms with van der Waals surface area (Å²) < 4.78 is 16.3. The molecule has 166 valence electrons. The van der Waals surface area contributed by atoms with Crippen molar-refractivity contribution in [3.05, 3.63) is 71.3 Å². The molecule has 6 nitrogen and oxygen atoms in total. The van der Waals surface area contributed by atoms with Crippen LogP contribution in [0.5, 0.6) is 5.75 Å². The minimum Gasteiger partial charge on any atom is -0.490 e. The molecule has 0 heterocycles. The van der Waals surface area contributed by atoms with Crippen molar-refractivity contribution in [1.29, 1.82) is 0 Å². The van der Waals surface area contributed by atoms with Gasteiger partial charge >= 0.3 is 12.1 Å². The summed E-state index contributed by atoms with van der Waals surface area (Å²) in [5.74, 6) is 0.688. The van der Waals surface area contributed by atoms with Gasteiger partial charge in [-0.2, -0.15) is 0 Å². The normalized spacial score (nSPS) is 11.3. The zero-order valence-electron chi connectivity index (χ0n) is 17.6. The molecule has 0 spiro atoms. The second kappa shape index (κ2) is 12.9. The van der Waals surface area contributed by atoms with E-state index in [1.807, 2.05) is 55.5 Å². The first-order chi connectivity index (χ1) is 14.8. The van der Waals surface area contributed by atoms with Crippen LogP contribution in [0.1, 0.15) is 12.5 Å². The van der Waals surface area contributed by atoms with Crippen molar-refractivity contribution in [2.24, 2.45) is 0 Å². The van der Waals surface area contributed by atoms with Gasteiger partial charge in [0.25, 0.3) is 0 Å². The van der Waals surface area contributed by atoms with E-state index in [1.165, 1.54) is 11.8 Å². The monoisotopic (exact) mass is 463 g/mol. The molecule has 2 aromatic rings. The van der Waals surface area contributed by atoms with Gasteiger partial charge in [-0.25, -0.2) is 9.59 Å². The highest BCUT2D eigenvalue weighted by Crippen LogP contribution is 2.22. The molecule has 0 radical (unpaired) electrons. The number of ether oxygens (including phenoxy) is 3. The topological polar surface area (TPSA) is 73.9 Å². The number of thioether (sulfide) groups is 1. The molecule has 0 bridgehead atoms. The van der Waals surface area contributed by atoms with Gasteiger partial charge in [0.2, 0.25) is 0 Å². The zero-order valence-corrected chi connectivity index (χ0v) is 19.1. The quantitative estimate of drug-likeness (QED) is 0.218. The summed E-state index contributed by atoms with van der Waals surface area (Å²) >= 11 is 7.46. The summed E-state index contributed by atoms with van der Waals surface area (Å²) in [5, 5.41) is 3.23. The fourth-order valence-corrected chi connectivity index (χ4v) is 3.27. The summed E-state index contributed by atoms with van der Waals surface area (Å²) in [6.07, 6.45) is -1.11. The van der Waals surface area contributed by atoms with Gasteiger partial charge in [-0.1, -0.05) is 35.9 Å². The lowest BCUT2D eigenvalue weighted by Crippen LogP contribution is -2.35. The Hall–Kier alpha value is -2.64. The molecular weight excluding hydrogens is 438 g/mol. The Balaban J connectivity index is 1.86. The van der Waals surface area contributed by atoms with Crippen molar-refractivity contribution < 1.29 is 23.8 Å². The highest BCUT2D eigenvalue weighted by Gasteiger charge is 2.16. The Bertz CT molecular complexity index is 821. The standard InChI is InChI=1S/C23H26ClNO5S/c1-16(2)22(26)28-13-12-25-23(27)30-20(14-29-19-8-4-17(3)5-9-19)15-31-21-10-6-18(24)7-11-21/h4-11,20H,1,12-15H2,2-3H3,(H,25,27). The highest BCUT2D eigenvalue weighted by molar-refractivity contribution is 7.99. The number of hydrogen-bond acceptors (Lipinski definition) is 6. The number of nitrogens with one attached hydrogen (secondary N) is 1. The number of halogens is 1. The van der Waals surface area contributed by atoms with Gasteiger partial charge < -0.3 is 19.5 Å². The molecule has 0 aromatic heterocycles. The molecule has 0 fully saturated rings. The molecule has 0 aliphatic heterocycles. The van der Waals surface area contributed by atoms with E-state index in [-0.39, 0.29) is 19.8 Å². The summed E-state index contributed by atoms with van der Waals surface area (Å²) in [6, 6.07) is 15.1. The lowest BCUT2D eigenvalue weighted by atomic mass is 10.2. The van der Waals surface area contributed by atoms with Crippen LogP contribution in [0, 0.1) is 6.92 Å². The lowest BCUT2D eigenvalue weighted by molar-refractivity contribution is -0.138. The average molecular weight is 464 g/mol. The van der Waals surface area contributed by atoms with Gasteiger partial charge in [-0.3, -0.25) is 0 Å². The third-order valence-electron chi connectivity index (χ3n) is 3.93. The Morgan fingerprint density at radius 2 is 1.81 bits per heavy atom. The van der Waals surface area contributed by atoms with Crippen LogP contribution in [-0.2, 0) is 14.3 Å². The number of rotatable bonds is 11. The van der Waals surface area contributed by atoms with E-state index in [0.29, 0.717) is 22.1 Å². The van der Waals surface area contributed by atoms with E-state index in [1.54, 1.807) is 6.92 Å². The highest BCUT2D eigenvalue weighted by atomic mass is 35.5. The Labute approximate surface area is 191 Å². The number of amides is 1. The smallest absolute Gasteiger partial charge is 0.407 e. The molecule has 2 aromatic carbocycles. The van der Waals surface area contributed by atoms with Crippen LogP contribution in [0.4, 0.5) is 4.79 Å². The van der Waals surface area contributed by atoms with Gasteiger partial charge in [-0.05, 0) is 50.2 Å². The van der Waals surface area contributed by atoms with Crippen LogP contribution in [-0.4, -0.2) is 43.7 Å². The Morgan fingerprint density at radius 1 is 1.13 bits per heavy atom. The van der Waals surface area contributed by atoms with Crippen molar-refractivity contribution >= 4 is 35.4 Å². The summed E-state index contributed by atoms with van der Waals surface area (Å²) in [6.45, 7) is 7.41. The minimum absolute atomic E-state index is 0.0326.